The number of aromatic nitrogens is 2. The molecule has 6 rings (SSSR count). The number of aryl methyl sites for hydroxylation is 4. The maximum Gasteiger partial charge on any atom is 0.417 e. The van der Waals surface area contributed by atoms with E-state index in [4.69, 9.17) is 9.72 Å². The number of nitrogens with zero attached hydrogens (tertiary/aromatic N) is 4. The topological polar surface area (TPSA) is 109 Å². The van der Waals surface area contributed by atoms with Crippen molar-refractivity contribution < 1.29 is 14.3 Å². The summed E-state index contributed by atoms with van der Waals surface area (Å²) in [6.45, 7) is 5.35. The molecule has 0 saturated carbocycles. The minimum Gasteiger partial charge on any atom is -0.399 e. The molecule has 1 saturated heterocycles. The molecule has 1 aliphatic carbocycles. The van der Waals surface area contributed by atoms with Gasteiger partial charge >= 0.3 is 6.09 Å². The van der Waals surface area contributed by atoms with Crippen LogP contribution in [0.3, 0.4) is 0 Å². The number of fused-ring (bicyclic) bond motifs is 1. The second kappa shape index (κ2) is 12.5. The minimum atomic E-state index is -0.538. The van der Waals surface area contributed by atoms with E-state index >= 15 is 0 Å². The lowest BCUT2D eigenvalue weighted by Crippen LogP contribution is -2.48. The number of rotatable bonds is 6. The summed E-state index contributed by atoms with van der Waals surface area (Å²) >= 11 is 1.54. The van der Waals surface area contributed by atoms with Gasteiger partial charge in [0.15, 0.2) is 10.9 Å². The molecule has 1 aliphatic heterocycles. The fourth-order valence-electron chi connectivity index (χ4n) is 6.09. The number of likely N-dealkylation sites (N-methyl/N-ethyl adjacent to an activating group) is 2. The summed E-state index contributed by atoms with van der Waals surface area (Å²) in [7, 11) is 5.46. The average Bonchev–Trinajstić information content (AvgIpc) is 3.42. The molecule has 11 heteroatoms. The second-order valence-corrected chi connectivity index (χ2v) is 13.0. The molecule has 2 amide bonds. The van der Waals surface area contributed by atoms with E-state index in [2.05, 4.69) is 10.6 Å². The highest BCUT2D eigenvalue weighted by molar-refractivity contribution is 7.14. The molecular weight excluding hydrogens is 588 g/mol. The number of carbonyl (C=O) groups is 2. The second-order valence-electron chi connectivity index (χ2n) is 11.9. The van der Waals surface area contributed by atoms with E-state index in [0.717, 1.165) is 41.6 Å². The Labute approximate surface area is 266 Å². The third-order valence-electron chi connectivity index (χ3n) is 8.74. The van der Waals surface area contributed by atoms with E-state index in [1.54, 1.807) is 29.5 Å². The van der Waals surface area contributed by atoms with Crippen LogP contribution in [0.15, 0.2) is 53.5 Å². The fraction of sp³-hybridized carbons (Fsp3) is 0.353. The number of piperazine rings is 1. The first-order valence-corrected chi connectivity index (χ1v) is 16.0. The van der Waals surface area contributed by atoms with Crippen molar-refractivity contribution in [1.29, 1.82) is 0 Å². The Morgan fingerprint density at radius 3 is 2.51 bits per heavy atom. The van der Waals surface area contributed by atoms with Crippen molar-refractivity contribution in [1.82, 2.24) is 19.4 Å². The highest BCUT2D eigenvalue weighted by Crippen LogP contribution is 2.35. The lowest BCUT2D eigenvalue weighted by molar-refractivity contribution is -0.139. The summed E-state index contributed by atoms with van der Waals surface area (Å²) in [5, 5.41) is 6.72. The number of anilines is 3. The van der Waals surface area contributed by atoms with Gasteiger partial charge in [-0.2, -0.15) is 0 Å². The van der Waals surface area contributed by atoms with Gasteiger partial charge in [-0.15, -0.1) is 11.3 Å². The summed E-state index contributed by atoms with van der Waals surface area (Å²) in [5.41, 5.74) is 6.27. The van der Waals surface area contributed by atoms with Gasteiger partial charge in [-0.3, -0.25) is 19.8 Å². The average molecular weight is 627 g/mol. The highest BCUT2D eigenvalue weighted by Gasteiger charge is 2.32. The zero-order valence-electron chi connectivity index (χ0n) is 26.3. The van der Waals surface area contributed by atoms with Crippen LogP contribution < -0.4 is 20.9 Å². The SMILES string of the molecule is Cc1ccc(-c2cn(C)c(=O)c(Nc3ccc(C4C(=O)N(C)CCN4C)cc3)n2)c(C)c1NC(=O)Oc1cc2c(s1)CCCC2. The Morgan fingerprint density at radius 1 is 1.00 bits per heavy atom. The quantitative estimate of drug-likeness (QED) is 0.278. The number of benzene rings is 2. The van der Waals surface area contributed by atoms with Gasteiger partial charge in [-0.25, -0.2) is 9.78 Å². The molecule has 1 fully saturated rings. The maximum absolute atomic E-state index is 13.1. The van der Waals surface area contributed by atoms with E-state index in [0.29, 0.717) is 28.7 Å². The van der Waals surface area contributed by atoms with Crippen LogP contribution >= 0.6 is 11.3 Å². The number of ether oxygens (including phenoxy) is 1. The summed E-state index contributed by atoms with van der Waals surface area (Å²) in [4.78, 5) is 48.7. The molecule has 0 bridgehead atoms. The van der Waals surface area contributed by atoms with Crippen LogP contribution in [-0.2, 0) is 24.7 Å². The minimum absolute atomic E-state index is 0.0634. The van der Waals surface area contributed by atoms with E-state index in [1.807, 2.05) is 75.3 Å². The molecule has 45 heavy (non-hydrogen) atoms. The zero-order valence-corrected chi connectivity index (χ0v) is 27.1. The van der Waals surface area contributed by atoms with Gasteiger partial charge in [0.2, 0.25) is 5.91 Å². The molecule has 10 nitrogen and oxygen atoms in total. The molecule has 1 atom stereocenters. The number of thiophene rings is 1. The van der Waals surface area contributed by atoms with Crippen LogP contribution in [0.5, 0.6) is 5.06 Å². The molecule has 2 aliphatic rings. The molecule has 2 N–H and O–H groups in total. The molecule has 1 unspecified atom stereocenters. The van der Waals surface area contributed by atoms with Gasteiger partial charge in [0.05, 0.1) is 11.4 Å². The summed E-state index contributed by atoms with van der Waals surface area (Å²) in [5.74, 6) is 0.234. The standard InChI is InChI=1S/C34H38N6O4S/c1-20-10-15-25(21(2)29(20)37-34(43)44-28-18-23-8-6-7-9-27(23)45-28)26-19-40(5)33(42)31(36-26)35-24-13-11-22(12-14-24)30-32(41)39(4)17-16-38(30)3/h10-15,18-19,30H,6-9,16-17H2,1-5H3,(H,35,36)(H,37,43). The van der Waals surface area contributed by atoms with Crippen molar-refractivity contribution in [3.05, 3.63) is 86.1 Å². The Balaban J connectivity index is 1.22. The van der Waals surface area contributed by atoms with Crippen molar-refractivity contribution in [2.75, 3.05) is 37.8 Å². The third-order valence-corrected chi connectivity index (χ3v) is 9.86. The van der Waals surface area contributed by atoms with Crippen LogP contribution in [0.25, 0.3) is 11.3 Å². The van der Waals surface area contributed by atoms with Gasteiger partial charge < -0.3 is 19.5 Å². The van der Waals surface area contributed by atoms with Crippen molar-refractivity contribution in [3.8, 4) is 16.3 Å². The number of nitrogens with one attached hydrogen (secondary N) is 2. The zero-order chi connectivity index (χ0) is 31.8. The van der Waals surface area contributed by atoms with Crippen molar-refractivity contribution in [2.24, 2.45) is 7.05 Å². The Morgan fingerprint density at radius 2 is 1.76 bits per heavy atom. The van der Waals surface area contributed by atoms with Crippen molar-refractivity contribution >= 4 is 40.5 Å². The van der Waals surface area contributed by atoms with E-state index < -0.39 is 6.09 Å². The molecule has 0 spiro atoms. The molecular formula is C34H38N6O4S. The highest BCUT2D eigenvalue weighted by atomic mass is 32.1. The van der Waals surface area contributed by atoms with Crippen molar-refractivity contribution in [3.63, 3.8) is 0 Å². The molecule has 2 aromatic heterocycles. The van der Waals surface area contributed by atoms with Crippen LogP contribution in [0, 0.1) is 13.8 Å². The maximum atomic E-state index is 13.1. The summed E-state index contributed by atoms with van der Waals surface area (Å²) < 4.78 is 7.17. The predicted molar refractivity (Wildman–Crippen MR) is 178 cm³/mol. The molecule has 0 radical (unpaired) electrons. The smallest absolute Gasteiger partial charge is 0.399 e. The monoisotopic (exact) mass is 626 g/mol. The number of carbonyl (C=O) groups excluding carboxylic acids is 2. The lowest BCUT2D eigenvalue weighted by atomic mass is 10.00. The molecule has 4 aromatic rings. The van der Waals surface area contributed by atoms with E-state index in [1.165, 1.54) is 27.8 Å². The molecule has 2 aromatic carbocycles. The van der Waals surface area contributed by atoms with Crippen LogP contribution in [-0.4, -0.2) is 58.5 Å². The van der Waals surface area contributed by atoms with Crippen LogP contribution in [0.1, 0.15) is 46.0 Å². The first-order chi connectivity index (χ1) is 21.6. The van der Waals surface area contributed by atoms with Gasteiger partial charge in [0.25, 0.3) is 5.56 Å². The molecule has 3 heterocycles. The Bertz CT molecular complexity index is 1810. The largest absolute Gasteiger partial charge is 0.417 e. The van der Waals surface area contributed by atoms with E-state index in [-0.39, 0.29) is 23.3 Å². The Kier molecular flexibility index (Phi) is 8.48. The number of hydrogen-bond acceptors (Lipinski definition) is 8. The lowest BCUT2D eigenvalue weighted by Gasteiger charge is -2.37. The van der Waals surface area contributed by atoms with Gasteiger partial charge in [-0.1, -0.05) is 24.3 Å². The van der Waals surface area contributed by atoms with Crippen LogP contribution in [0.4, 0.5) is 22.0 Å². The van der Waals surface area contributed by atoms with Gasteiger partial charge in [-0.05, 0) is 87.0 Å². The number of amides is 2. The Hall–Kier alpha value is -4.48. The first-order valence-electron chi connectivity index (χ1n) is 15.2. The van der Waals surface area contributed by atoms with E-state index in [9.17, 15) is 14.4 Å². The van der Waals surface area contributed by atoms with Gasteiger partial charge in [0, 0.05) is 49.5 Å². The first kappa shape index (κ1) is 30.5. The summed E-state index contributed by atoms with van der Waals surface area (Å²) in [6, 6.07) is 13.0. The third kappa shape index (κ3) is 6.23. The van der Waals surface area contributed by atoms with Gasteiger partial charge in [0.1, 0.15) is 6.04 Å². The van der Waals surface area contributed by atoms with Crippen LogP contribution in [0.2, 0.25) is 0 Å². The normalized spacial score (nSPS) is 16.8. The number of hydrogen-bond donors (Lipinski definition) is 2. The van der Waals surface area contributed by atoms with Crippen molar-refractivity contribution in [2.45, 2.75) is 45.6 Å². The summed E-state index contributed by atoms with van der Waals surface area (Å²) in [6.07, 6.45) is 5.56. The fourth-order valence-corrected chi connectivity index (χ4v) is 7.19. The molecule has 234 valence electrons. The predicted octanol–water partition coefficient (Wildman–Crippen LogP) is 5.80.